The molecule has 2 rings (SSSR count). The average Bonchev–Trinajstić information content (AvgIpc) is 2.44. The molecule has 0 aromatic heterocycles. The molecule has 1 aromatic carbocycles. The highest BCUT2D eigenvalue weighted by Gasteiger charge is 2.22. The van der Waals surface area contributed by atoms with Gasteiger partial charge in [0.05, 0.1) is 11.6 Å². The summed E-state index contributed by atoms with van der Waals surface area (Å²) in [6, 6.07) is 7.09. The number of nitrogens with one attached hydrogen (secondary N) is 1. The molecule has 1 fully saturated rings. The molecule has 3 heteroatoms. The molecule has 102 valence electrons. The molecule has 0 spiro atoms. The quantitative estimate of drug-likeness (QED) is 0.894. The van der Waals surface area contributed by atoms with Crippen molar-refractivity contribution in [3.05, 3.63) is 35.1 Å². The fourth-order valence-corrected chi connectivity index (χ4v) is 3.03. The fourth-order valence-electron chi connectivity index (χ4n) is 3.03. The van der Waals surface area contributed by atoms with Crippen molar-refractivity contribution in [1.82, 2.24) is 5.32 Å². The van der Waals surface area contributed by atoms with Crippen LogP contribution in [0.15, 0.2) is 18.2 Å². The molecule has 2 nitrogen and oxygen atoms in total. The van der Waals surface area contributed by atoms with Crippen molar-refractivity contribution >= 4 is 0 Å². The molecule has 0 heterocycles. The Hall–Kier alpha value is -1.40. The predicted octanol–water partition coefficient (Wildman–Crippen LogP) is 3.76. The van der Waals surface area contributed by atoms with Crippen LogP contribution in [-0.2, 0) is 6.54 Å². The molecule has 0 aliphatic heterocycles. The second kappa shape index (κ2) is 6.68. The van der Waals surface area contributed by atoms with Crippen LogP contribution in [0, 0.1) is 23.1 Å². The van der Waals surface area contributed by atoms with E-state index >= 15 is 0 Å². The summed E-state index contributed by atoms with van der Waals surface area (Å²) in [4.78, 5) is 0. The smallest absolute Gasteiger partial charge is 0.124 e. The summed E-state index contributed by atoms with van der Waals surface area (Å²) in [7, 11) is 0. The lowest BCUT2D eigenvalue weighted by atomic mass is 9.83. The molecule has 1 aromatic rings. The molecule has 1 aliphatic carbocycles. The average molecular weight is 260 g/mol. The Labute approximate surface area is 114 Å². The number of nitrogens with zero attached hydrogens (tertiary/aromatic N) is 1. The van der Waals surface area contributed by atoms with Crippen LogP contribution in [0.4, 0.5) is 4.39 Å². The maximum Gasteiger partial charge on any atom is 0.124 e. The van der Waals surface area contributed by atoms with Gasteiger partial charge >= 0.3 is 0 Å². The topological polar surface area (TPSA) is 35.8 Å². The van der Waals surface area contributed by atoms with Crippen LogP contribution < -0.4 is 5.32 Å². The van der Waals surface area contributed by atoms with Gasteiger partial charge in [0.2, 0.25) is 0 Å². The van der Waals surface area contributed by atoms with Crippen LogP contribution in [0.2, 0.25) is 0 Å². The van der Waals surface area contributed by atoms with E-state index < -0.39 is 0 Å². The summed E-state index contributed by atoms with van der Waals surface area (Å²) < 4.78 is 13.3. The minimum atomic E-state index is -0.327. The van der Waals surface area contributed by atoms with E-state index in [-0.39, 0.29) is 5.82 Å². The van der Waals surface area contributed by atoms with Crippen LogP contribution in [0.5, 0.6) is 0 Å². The maximum atomic E-state index is 13.3. The normalized spacial score (nSPS) is 23.0. The van der Waals surface area contributed by atoms with Gasteiger partial charge in [-0.25, -0.2) is 4.39 Å². The fraction of sp³-hybridized carbons (Fsp3) is 0.562. The third kappa shape index (κ3) is 3.78. The molecule has 0 amide bonds. The summed E-state index contributed by atoms with van der Waals surface area (Å²) >= 11 is 0. The van der Waals surface area contributed by atoms with Gasteiger partial charge in [-0.05, 0) is 42.5 Å². The molecule has 19 heavy (non-hydrogen) atoms. The molecular formula is C16H21FN2. The number of hydrogen-bond donors (Lipinski definition) is 1. The van der Waals surface area contributed by atoms with Gasteiger partial charge < -0.3 is 5.32 Å². The standard InChI is InChI=1S/C16H21FN2/c1-2-14-5-3-4-6-16(14)19-11-13-7-12(10-18)8-15(17)9-13/h7-9,14,16,19H,2-6,11H2,1H3. The summed E-state index contributed by atoms with van der Waals surface area (Å²) in [5.74, 6) is 0.407. The molecule has 2 atom stereocenters. The van der Waals surface area contributed by atoms with Crippen LogP contribution >= 0.6 is 0 Å². The minimum Gasteiger partial charge on any atom is -0.310 e. The van der Waals surface area contributed by atoms with E-state index in [0.717, 1.165) is 11.5 Å². The number of benzene rings is 1. The second-order valence-electron chi connectivity index (χ2n) is 5.40. The minimum absolute atomic E-state index is 0.327. The molecule has 1 N–H and O–H groups in total. The lowest BCUT2D eigenvalue weighted by Gasteiger charge is -2.31. The van der Waals surface area contributed by atoms with E-state index in [0.29, 0.717) is 18.2 Å². The predicted molar refractivity (Wildman–Crippen MR) is 74.0 cm³/mol. The third-order valence-electron chi connectivity index (χ3n) is 4.09. The Kier molecular flexibility index (Phi) is 4.93. The highest BCUT2D eigenvalue weighted by Crippen LogP contribution is 2.27. The van der Waals surface area contributed by atoms with Crippen molar-refractivity contribution in [3.63, 3.8) is 0 Å². The van der Waals surface area contributed by atoms with Gasteiger partial charge in [-0.15, -0.1) is 0 Å². The van der Waals surface area contributed by atoms with Gasteiger partial charge in [-0.3, -0.25) is 0 Å². The zero-order chi connectivity index (χ0) is 13.7. The van der Waals surface area contributed by atoms with Crippen molar-refractivity contribution in [2.45, 2.75) is 51.6 Å². The van der Waals surface area contributed by atoms with E-state index in [1.165, 1.54) is 44.2 Å². The number of halogens is 1. The second-order valence-corrected chi connectivity index (χ2v) is 5.40. The summed E-state index contributed by atoms with van der Waals surface area (Å²) in [5.41, 5.74) is 1.25. The number of nitriles is 1. The molecule has 0 radical (unpaired) electrons. The first kappa shape index (κ1) is 14.0. The Balaban J connectivity index is 1.98. The molecule has 1 aliphatic rings. The molecule has 1 saturated carbocycles. The maximum absolute atomic E-state index is 13.3. The number of rotatable bonds is 4. The first-order valence-corrected chi connectivity index (χ1v) is 7.16. The summed E-state index contributed by atoms with van der Waals surface area (Å²) in [6.07, 6.45) is 6.31. The van der Waals surface area contributed by atoms with Crippen molar-refractivity contribution in [1.29, 1.82) is 5.26 Å². The Bertz CT molecular complexity index is 464. The molecular weight excluding hydrogens is 239 g/mol. The van der Waals surface area contributed by atoms with E-state index in [2.05, 4.69) is 12.2 Å². The number of hydrogen-bond acceptors (Lipinski definition) is 2. The Morgan fingerprint density at radius 2 is 2.11 bits per heavy atom. The van der Waals surface area contributed by atoms with Gasteiger partial charge in [0, 0.05) is 12.6 Å². The van der Waals surface area contributed by atoms with Gasteiger partial charge in [-0.2, -0.15) is 5.26 Å². The molecule has 0 saturated heterocycles. The zero-order valence-corrected chi connectivity index (χ0v) is 11.5. The summed E-state index contributed by atoms with van der Waals surface area (Å²) in [5, 5.41) is 12.4. The Morgan fingerprint density at radius 1 is 1.32 bits per heavy atom. The highest BCUT2D eigenvalue weighted by atomic mass is 19.1. The lowest BCUT2D eigenvalue weighted by molar-refractivity contribution is 0.254. The first-order chi connectivity index (χ1) is 9.22. The van der Waals surface area contributed by atoms with Gasteiger partial charge in [0.25, 0.3) is 0 Å². The highest BCUT2D eigenvalue weighted by molar-refractivity contribution is 5.33. The van der Waals surface area contributed by atoms with Gasteiger partial charge in [-0.1, -0.05) is 26.2 Å². The zero-order valence-electron chi connectivity index (χ0n) is 11.5. The molecule has 0 bridgehead atoms. The first-order valence-electron chi connectivity index (χ1n) is 7.16. The van der Waals surface area contributed by atoms with Crippen LogP contribution in [-0.4, -0.2) is 6.04 Å². The largest absolute Gasteiger partial charge is 0.310 e. The molecule has 2 unspecified atom stereocenters. The lowest BCUT2D eigenvalue weighted by Crippen LogP contribution is -2.37. The van der Waals surface area contributed by atoms with E-state index in [1.54, 1.807) is 6.07 Å². The SMILES string of the molecule is CCC1CCCCC1NCc1cc(F)cc(C#N)c1. The summed E-state index contributed by atoms with van der Waals surface area (Å²) in [6.45, 7) is 2.88. The van der Waals surface area contributed by atoms with Crippen molar-refractivity contribution in [3.8, 4) is 6.07 Å². The monoisotopic (exact) mass is 260 g/mol. The van der Waals surface area contributed by atoms with Gasteiger partial charge in [0.1, 0.15) is 5.82 Å². The van der Waals surface area contributed by atoms with E-state index in [1.807, 2.05) is 6.07 Å². The third-order valence-corrected chi connectivity index (χ3v) is 4.09. The van der Waals surface area contributed by atoms with E-state index in [4.69, 9.17) is 5.26 Å². The van der Waals surface area contributed by atoms with Crippen LogP contribution in [0.1, 0.15) is 50.2 Å². The van der Waals surface area contributed by atoms with Gasteiger partial charge in [0.15, 0.2) is 0 Å². The van der Waals surface area contributed by atoms with E-state index in [9.17, 15) is 4.39 Å². The van der Waals surface area contributed by atoms with Crippen molar-refractivity contribution in [2.24, 2.45) is 5.92 Å². The van der Waals surface area contributed by atoms with Crippen LogP contribution in [0.25, 0.3) is 0 Å². The van der Waals surface area contributed by atoms with Crippen molar-refractivity contribution < 1.29 is 4.39 Å². The van der Waals surface area contributed by atoms with Crippen molar-refractivity contribution in [2.75, 3.05) is 0 Å². The Morgan fingerprint density at radius 3 is 2.84 bits per heavy atom. The van der Waals surface area contributed by atoms with Crippen LogP contribution in [0.3, 0.4) is 0 Å².